The molecule has 1 aromatic carbocycles. The van der Waals surface area contributed by atoms with Crippen molar-refractivity contribution in [3.8, 4) is 5.75 Å². The van der Waals surface area contributed by atoms with E-state index in [1.807, 2.05) is 6.92 Å². The van der Waals surface area contributed by atoms with E-state index >= 15 is 0 Å². The van der Waals surface area contributed by atoms with Crippen LogP contribution in [0.5, 0.6) is 5.75 Å². The molecule has 0 heterocycles. The normalized spacial score (nSPS) is 12.1. The third-order valence-corrected chi connectivity index (χ3v) is 2.81. The highest BCUT2D eigenvalue weighted by Crippen LogP contribution is 2.25. The van der Waals surface area contributed by atoms with Crippen molar-refractivity contribution in [2.45, 2.75) is 33.2 Å². The monoisotopic (exact) mass is 250 g/mol. The molecule has 0 fully saturated rings. The lowest BCUT2D eigenvalue weighted by molar-refractivity contribution is -0.121. The second-order valence-electron chi connectivity index (χ2n) is 4.60. The summed E-state index contributed by atoms with van der Waals surface area (Å²) in [5, 5.41) is 2.80. The first kappa shape index (κ1) is 14.5. The van der Waals surface area contributed by atoms with Gasteiger partial charge in [0.05, 0.1) is 13.2 Å². The molecule has 18 heavy (non-hydrogen) atoms. The summed E-state index contributed by atoms with van der Waals surface area (Å²) in [5.41, 5.74) is 8.91. The third kappa shape index (κ3) is 3.74. The first-order valence-corrected chi connectivity index (χ1v) is 6.13. The number of nitrogens with two attached hydrogens (primary N) is 1. The van der Waals surface area contributed by atoms with Gasteiger partial charge in [-0.1, -0.05) is 17.7 Å². The zero-order valence-corrected chi connectivity index (χ0v) is 11.5. The van der Waals surface area contributed by atoms with E-state index in [0.29, 0.717) is 6.54 Å². The number of rotatable bonds is 5. The number of carbonyl (C=O) groups excluding carboxylic acids is 1. The fourth-order valence-corrected chi connectivity index (χ4v) is 2.00. The predicted molar refractivity (Wildman–Crippen MR) is 72.8 cm³/mol. The van der Waals surface area contributed by atoms with E-state index in [-0.39, 0.29) is 5.91 Å². The van der Waals surface area contributed by atoms with E-state index in [1.165, 1.54) is 5.56 Å². The Morgan fingerprint density at radius 2 is 2.11 bits per heavy atom. The van der Waals surface area contributed by atoms with Crippen LogP contribution in [-0.2, 0) is 11.2 Å². The van der Waals surface area contributed by atoms with Crippen LogP contribution in [0, 0.1) is 13.8 Å². The molecule has 3 N–H and O–H groups in total. The summed E-state index contributed by atoms with van der Waals surface area (Å²) in [6.45, 7) is 6.32. The Hall–Kier alpha value is -1.55. The van der Waals surface area contributed by atoms with Crippen LogP contribution in [0.1, 0.15) is 23.6 Å². The van der Waals surface area contributed by atoms with Gasteiger partial charge in [-0.3, -0.25) is 4.79 Å². The van der Waals surface area contributed by atoms with Crippen molar-refractivity contribution in [3.05, 3.63) is 28.8 Å². The van der Waals surface area contributed by atoms with Crippen LogP contribution >= 0.6 is 0 Å². The molecule has 1 amide bonds. The molecule has 4 nitrogen and oxygen atoms in total. The summed E-state index contributed by atoms with van der Waals surface area (Å²) in [4.78, 5) is 11.4. The maximum Gasteiger partial charge on any atom is 0.236 e. The Labute approximate surface area is 109 Å². The Morgan fingerprint density at radius 3 is 2.67 bits per heavy atom. The number of amides is 1. The van der Waals surface area contributed by atoms with Crippen LogP contribution in [0.3, 0.4) is 0 Å². The lowest BCUT2D eigenvalue weighted by atomic mass is 10.0. The van der Waals surface area contributed by atoms with Gasteiger partial charge >= 0.3 is 0 Å². The topological polar surface area (TPSA) is 64.3 Å². The highest BCUT2D eigenvalue weighted by atomic mass is 16.5. The summed E-state index contributed by atoms with van der Waals surface area (Å²) >= 11 is 0. The lowest BCUT2D eigenvalue weighted by Crippen LogP contribution is -2.39. The average Bonchev–Trinajstić information content (AvgIpc) is 2.28. The fourth-order valence-electron chi connectivity index (χ4n) is 2.00. The van der Waals surface area contributed by atoms with E-state index in [2.05, 4.69) is 24.4 Å². The largest absolute Gasteiger partial charge is 0.496 e. The Kier molecular flexibility index (Phi) is 5.16. The molecule has 0 aliphatic carbocycles. The van der Waals surface area contributed by atoms with Crippen molar-refractivity contribution < 1.29 is 9.53 Å². The highest BCUT2D eigenvalue weighted by molar-refractivity contribution is 5.80. The van der Waals surface area contributed by atoms with Gasteiger partial charge in [-0.2, -0.15) is 0 Å². The number of ether oxygens (including phenoxy) is 1. The van der Waals surface area contributed by atoms with Crippen molar-refractivity contribution in [2.75, 3.05) is 13.7 Å². The van der Waals surface area contributed by atoms with Crippen molar-refractivity contribution >= 4 is 5.91 Å². The second kappa shape index (κ2) is 6.40. The van der Waals surface area contributed by atoms with Gasteiger partial charge in [0, 0.05) is 6.54 Å². The maximum absolute atomic E-state index is 11.4. The van der Waals surface area contributed by atoms with Gasteiger partial charge in [-0.15, -0.1) is 0 Å². The summed E-state index contributed by atoms with van der Waals surface area (Å²) in [7, 11) is 1.67. The maximum atomic E-state index is 11.4. The molecule has 0 aliphatic heterocycles. The molecule has 1 atom stereocenters. The molecule has 1 aromatic rings. The molecule has 4 heteroatoms. The van der Waals surface area contributed by atoms with E-state index < -0.39 is 6.04 Å². The zero-order valence-electron chi connectivity index (χ0n) is 11.5. The van der Waals surface area contributed by atoms with Crippen molar-refractivity contribution in [2.24, 2.45) is 5.73 Å². The Bertz CT molecular complexity index is 428. The van der Waals surface area contributed by atoms with Crippen molar-refractivity contribution in [1.82, 2.24) is 5.32 Å². The van der Waals surface area contributed by atoms with Gasteiger partial charge in [0.1, 0.15) is 5.75 Å². The number of nitrogens with one attached hydrogen (secondary N) is 1. The number of hydrogen-bond donors (Lipinski definition) is 2. The van der Waals surface area contributed by atoms with Crippen LogP contribution in [0.4, 0.5) is 0 Å². The van der Waals surface area contributed by atoms with Gasteiger partial charge in [0.15, 0.2) is 0 Å². The number of carbonyl (C=O) groups is 1. The van der Waals surface area contributed by atoms with Gasteiger partial charge in [0.25, 0.3) is 0 Å². The molecule has 0 bridgehead atoms. The number of methoxy groups -OCH3 is 1. The molecule has 1 unspecified atom stereocenters. The third-order valence-electron chi connectivity index (χ3n) is 2.81. The minimum absolute atomic E-state index is 0.127. The Morgan fingerprint density at radius 1 is 1.44 bits per heavy atom. The highest BCUT2D eigenvalue weighted by Gasteiger charge is 2.09. The summed E-state index contributed by atoms with van der Waals surface area (Å²) in [6.07, 6.45) is 0.740. The minimum Gasteiger partial charge on any atom is -0.496 e. The van der Waals surface area contributed by atoms with Crippen LogP contribution in [0.15, 0.2) is 12.1 Å². The summed E-state index contributed by atoms with van der Waals surface area (Å²) in [5.74, 6) is 0.772. The molecule has 0 saturated heterocycles. The standard InChI is InChI=1S/C14H22N2O2/c1-9-7-10(2)13(18-4)12(8-9)5-6-16-14(17)11(3)15/h7-8,11H,5-6,15H2,1-4H3,(H,16,17). The molecule has 0 aliphatic rings. The van der Waals surface area contributed by atoms with Gasteiger partial charge in [-0.25, -0.2) is 0 Å². The SMILES string of the molecule is COc1c(C)cc(C)cc1CCNC(=O)C(C)N. The minimum atomic E-state index is -0.467. The van der Waals surface area contributed by atoms with Crippen LogP contribution in [0.25, 0.3) is 0 Å². The number of aryl methyl sites for hydroxylation is 2. The quantitative estimate of drug-likeness (QED) is 0.828. The summed E-state index contributed by atoms with van der Waals surface area (Å²) in [6, 6.07) is 3.71. The van der Waals surface area contributed by atoms with Crippen molar-refractivity contribution in [1.29, 1.82) is 0 Å². The molecule has 0 saturated carbocycles. The lowest BCUT2D eigenvalue weighted by Gasteiger charge is -2.13. The molecule has 0 spiro atoms. The van der Waals surface area contributed by atoms with Crippen LogP contribution < -0.4 is 15.8 Å². The predicted octanol–water partition coefficient (Wildman–Crippen LogP) is 1.32. The van der Waals surface area contributed by atoms with Crippen LogP contribution in [-0.4, -0.2) is 25.6 Å². The fraction of sp³-hybridized carbons (Fsp3) is 0.500. The zero-order chi connectivity index (χ0) is 13.7. The smallest absolute Gasteiger partial charge is 0.236 e. The number of hydrogen-bond acceptors (Lipinski definition) is 3. The van der Waals surface area contributed by atoms with E-state index in [0.717, 1.165) is 23.3 Å². The van der Waals surface area contributed by atoms with Gasteiger partial charge in [0.2, 0.25) is 5.91 Å². The molecule has 1 rings (SSSR count). The average molecular weight is 250 g/mol. The molecular weight excluding hydrogens is 228 g/mol. The van der Waals surface area contributed by atoms with Gasteiger partial charge < -0.3 is 15.8 Å². The second-order valence-corrected chi connectivity index (χ2v) is 4.60. The first-order chi connectivity index (χ1) is 8.45. The molecule has 0 aromatic heterocycles. The molecular formula is C14H22N2O2. The summed E-state index contributed by atoms with van der Waals surface area (Å²) < 4.78 is 5.40. The van der Waals surface area contributed by atoms with Crippen LogP contribution in [0.2, 0.25) is 0 Å². The number of benzene rings is 1. The molecule has 0 radical (unpaired) electrons. The van der Waals surface area contributed by atoms with Crippen molar-refractivity contribution in [3.63, 3.8) is 0 Å². The molecule has 100 valence electrons. The van der Waals surface area contributed by atoms with E-state index in [9.17, 15) is 4.79 Å². The van der Waals surface area contributed by atoms with E-state index in [1.54, 1.807) is 14.0 Å². The first-order valence-electron chi connectivity index (χ1n) is 6.13. The van der Waals surface area contributed by atoms with E-state index in [4.69, 9.17) is 10.5 Å². The van der Waals surface area contributed by atoms with Gasteiger partial charge in [-0.05, 0) is 38.3 Å². The Balaban J connectivity index is 2.70.